The van der Waals surface area contributed by atoms with Crippen LogP contribution in [0.3, 0.4) is 0 Å². The number of rotatable bonds is 6. The van der Waals surface area contributed by atoms with Gasteiger partial charge in [-0.25, -0.2) is 9.78 Å². The van der Waals surface area contributed by atoms with Crippen LogP contribution in [-0.4, -0.2) is 53.2 Å². The van der Waals surface area contributed by atoms with Crippen molar-refractivity contribution >= 4 is 44.7 Å². The molecular formula is C26H21N3O5S. The molecule has 1 aliphatic carbocycles. The fraction of sp³-hybridized carbons (Fsp3) is 0.154. The number of carbonyl (C=O) groups is 3. The number of hydrogen-bond donors (Lipinski definition) is 2. The summed E-state index contributed by atoms with van der Waals surface area (Å²) in [4.78, 5) is 41.4. The largest absolute Gasteiger partial charge is 0.480 e. The minimum absolute atomic E-state index is 0.0418. The van der Waals surface area contributed by atoms with Gasteiger partial charge in [-0.2, -0.15) is 0 Å². The normalized spacial score (nSPS) is 12.1. The number of nitrogens with zero attached hydrogens (tertiary/aromatic N) is 2. The number of amides is 2. The number of hydrogen-bond acceptors (Lipinski definition) is 6. The Bertz CT molecular complexity index is 1420. The van der Waals surface area contributed by atoms with Gasteiger partial charge in [0.25, 0.3) is 5.91 Å². The second kappa shape index (κ2) is 9.19. The topological polar surface area (TPSA) is 109 Å². The molecule has 9 heteroatoms. The summed E-state index contributed by atoms with van der Waals surface area (Å²) in [6.07, 6.45) is -0.608. The van der Waals surface area contributed by atoms with Gasteiger partial charge in [-0.05, 0) is 40.5 Å². The highest BCUT2D eigenvalue weighted by atomic mass is 32.1. The maximum absolute atomic E-state index is 12.6. The smallest absolute Gasteiger partial charge is 0.413 e. The molecular weight excluding hydrogens is 466 g/mol. The lowest BCUT2D eigenvalue weighted by molar-refractivity contribution is -0.137. The molecule has 0 bridgehead atoms. The Balaban J connectivity index is 1.27. The zero-order valence-corrected chi connectivity index (χ0v) is 19.5. The van der Waals surface area contributed by atoms with Crippen LogP contribution in [0.1, 0.15) is 27.4 Å². The molecule has 0 unspecified atom stereocenters. The van der Waals surface area contributed by atoms with Crippen LogP contribution in [0.5, 0.6) is 0 Å². The minimum Gasteiger partial charge on any atom is -0.480 e. The number of aromatic nitrogens is 1. The molecule has 0 spiro atoms. The highest BCUT2D eigenvalue weighted by Crippen LogP contribution is 2.44. The Morgan fingerprint density at radius 3 is 2.34 bits per heavy atom. The fourth-order valence-electron chi connectivity index (χ4n) is 4.33. The van der Waals surface area contributed by atoms with Crippen LogP contribution in [0.25, 0.3) is 21.3 Å². The molecule has 2 N–H and O–H groups in total. The van der Waals surface area contributed by atoms with Gasteiger partial charge in [0.15, 0.2) is 5.13 Å². The highest BCUT2D eigenvalue weighted by Gasteiger charge is 2.29. The predicted molar refractivity (Wildman–Crippen MR) is 133 cm³/mol. The number of fused-ring (bicyclic) bond motifs is 4. The standard InChI is InChI=1S/C26H21N3O5S/c1-29(13-23(30)31)24(32)15-10-11-21-22(12-15)35-25(27-21)28-26(33)34-14-20-18-8-4-2-6-16(18)17-7-3-5-9-19(17)20/h2-12,20H,13-14H2,1H3,(H,30,31)(H,27,28,33). The molecule has 0 radical (unpaired) electrons. The third kappa shape index (κ3) is 4.45. The average molecular weight is 488 g/mol. The first-order chi connectivity index (χ1) is 16.9. The monoisotopic (exact) mass is 487 g/mol. The summed E-state index contributed by atoms with van der Waals surface area (Å²) in [5.41, 5.74) is 5.53. The Labute approximate surface area is 204 Å². The van der Waals surface area contributed by atoms with Crippen LogP contribution in [0.2, 0.25) is 0 Å². The highest BCUT2D eigenvalue weighted by molar-refractivity contribution is 7.22. The lowest BCUT2D eigenvalue weighted by Gasteiger charge is -2.14. The molecule has 4 aromatic rings. The maximum Gasteiger partial charge on any atom is 0.413 e. The number of carboxylic acids is 1. The molecule has 0 fully saturated rings. The molecule has 0 atom stereocenters. The molecule has 1 heterocycles. The van der Waals surface area contributed by atoms with Crippen molar-refractivity contribution in [1.82, 2.24) is 9.88 Å². The lowest BCUT2D eigenvalue weighted by atomic mass is 9.98. The van der Waals surface area contributed by atoms with Crippen molar-refractivity contribution in [3.05, 3.63) is 83.4 Å². The first-order valence-electron chi connectivity index (χ1n) is 10.9. The fourth-order valence-corrected chi connectivity index (χ4v) is 5.22. The number of ether oxygens (including phenoxy) is 1. The summed E-state index contributed by atoms with van der Waals surface area (Å²) in [7, 11) is 1.43. The van der Waals surface area contributed by atoms with E-state index in [0.29, 0.717) is 20.9 Å². The van der Waals surface area contributed by atoms with Crippen LogP contribution in [0, 0.1) is 0 Å². The van der Waals surface area contributed by atoms with Crippen LogP contribution in [0.4, 0.5) is 9.93 Å². The Hall–Kier alpha value is -4.24. The molecule has 176 valence electrons. The Morgan fingerprint density at radius 2 is 1.69 bits per heavy atom. The van der Waals surface area contributed by atoms with Gasteiger partial charge in [-0.3, -0.25) is 14.9 Å². The molecule has 0 aliphatic heterocycles. The van der Waals surface area contributed by atoms with Crippen molar-refractivity contribution < 1.29 is 24.2 Å². The van der Waals surface area contributed by atoms with Gasteiger partial charge in [-0.1, -0.05) is 59.9 Å². The summed E-state index contributed by atoms with van der Waals surface area (Å²) in [6.45, 7) is -0.201. The number of aliphatic carboxylic acids is 1. The van der Waals surface area contributed by atoms with Crippen molar-refractivity contribution in [3.63, 3.8) is 0 Å². The number of thiazole rings is 1. The first kappa shape index (κ1) is 22.5. The molecule has 8 nitrogen and oxygen atoms in total. The van der Waals surface area contributed by atoms with Gasteiger partial charge < -0.3 is 14.7 Å². The van der Waals surface area contributed by atoms with Gasteiger partial charge in [-0.15, -0.1) is 0 Å². The second-order valence-corrected chi connectivity index (χ2v) is 9.24. The molecule has 0 saturated carbocycles. The van der Waals surface area contributed by atoms with E-state index in [9.17, 15) is 14.4 Å². The van der Waals surface area contributed by atoms with Crippen LogP contribution < -0.4 is 5.32 Å². The first-order valence-corrected chi connectivity index (χ1v) is 11.7. The van der Waals surface area contributed by atoms with Crippen molar-refractivity contribution in [3.8, 4) is 11.1 Å². The van der Waals surface area contributed by atoms with Gasteiger partial charge in [0, 0.05) is 18.5 Å². The SMILES string of the molecule is CN(CC(=O)O)C(=O)c1ccc2nc(NC(=O)OCC3c4ccccc4-c4ccccc43)sc2c1. The second-order valence-electron chi connectivity index (χ2n) is 8.21. The summed E-state index contributed by atoms with van der Waals surface area (Å²) >= 11 is 1.21. The summed E-state index contributed by atoms with van der Waals surface area (Å²) in [5.74, 6) is -1.54. The van der Waals surface area contributed by atoms with E-state index in [2.05, 4.69) is 34.6 Å². The van der Waals surface area contributed by atoms with Crippen molar-refractivity contribution in [2.75, 3.05) is 25.5 Å². The minimum atomic E-state index is -1.09. The van der Waals surface area contributed by atoms with E-state index < -0.39 is 24.5 Å². The molecule has 2 amide bonds. The van der Waals surface area contributed by atoms with Crippen LogP contribution in [0.15, 0.2) is 66.7 Å². The number of anilines is 1. The molecule has 0 saturated heterocycles. The van der Waals surface area contributed by atoms with E-state index in [-0.39, 0.29) is 12.5 Å². The van der Waals surface area contributed by atoms with E-state index in [1.54, 1.807) is 18.2 Å². The number of benzene rings is 3. The van der Waals surface area contributed by atoms with Crippen LogP contribution >= 0.6 is 11.3 Å². The zero-order chi connectivity index (χ0) is 24.5. The van der Waals surface area contributed by atoms with Gasteiger partial charge in [0.1, 0.15) is 13.2 Å². The van der Waals surface area contributed by atoms with Crippen molar-refractivity contribution in [2.24, 2.45) is 0 Å². The zero-order valence-electron chi connectivity index (χ0n) is 18.7. The molecule has 5 rings (SSSR count). The third-order valence-corrected chi connectivity index (χ3v) is 6.84. The number of likely N-dealkylation sites (N-methyl/N-ethyl adjacent to an activating group) is 1. The van der Waals surface area contributed by atoms with E-state index in [4.69, 9.17) is 9.84 Å². The number of carbonyl (C=O) groups excluding carboxylic acids is 2. The summed E-state index contributed by atoms with van der Waals surface area (Å²) < 4.78 is 6.26. The van der Waals surface area contributed by atoms with E-state index in [0.717, 1.165) is 27.2 Å². The molecule has 1 aromatic heterocycles. The predicted octanol–water partition coefficient (Wildman–Crippen LogP) is 4.81. The van der Waals surface area contributed by atoms with Crippen LogP contribution in [-0.2, 0) is 9.53 Å². The van der Waals surface area contributed by atoms with Gasteiger partial charge in [0.05, 0.1) is 10.2 Å². The van der Waals surface area contributed by atoms with Crippen molar-refractivity contribution in [1.29, 1.82) is 0 Å². The van der Waals surface area contributed by atoms with E-state index in [1.807, 2.05) is 24.3 Å². The Kier molecular flexibility index (Phi) is 5.92. The Morgan fingerprint density at radius 1 is 1.03 bits per heavy atom. The summed E-state index contributed by atoms with van der Waals surface area (Å²) in [5, 5.41) is 11.9. The molecule has 35 heavy (non-hydrogen) atoms. The van der Waals surface area contributed by atoms with Crippen molar-refractivity contribution in [2.45, 2.75) is 5.92 Å². The molecule has 1 aliphatic rings. The van der Waals surface area contributed by atoms with E-state index in [1.165, 1.54) is 18.4 Å². The maximum atomic E-state index is 12.6. The van der Waals surface area contributed by atoms with Gasteiger partial charge in [0.2, 0.25) is 0 Å². The van der Waals surface area contributed by atoms with E-state index >= 15 is 0 Å². The van der Waals surface area contributed by atoms with Gasteiger partial charge >= 0.3 is 12.1 Å². The lowest BCUT2D eigenvalue weighted by Crippen LogP contribution is -2.31. The quantitative estimate of drug-likeness (QED) is 0.404. The number of carboxylic acid groups (broad SMARTS) is 1. The third-order valence-electron chi connectivity index (χ3n) is 5.91. The molecule has 3 aromatic carbocycles. The number of nitrogens with one attached hydrogen (secondary N) is 1. The average Bonchev–Trinajstić information content (AvgIpc) is 3.39. The summed E-state index contributed by atoms with van der Waals surface area (Å²) in [6, 6.07) is 21.1.